The SMILES string of the molecule is OCCc1nc2cccnc2n1Cc1ccc(O)cc1. The minimum Gasteiger partial charge on any atom is -0.508 e. The Labute approximate surface area is 116 Å². The molecule has 2 N–H and O–H groups in total. The summed E-state index contributed by atoms with van der Waals surface area (Å²) in [6.45, 7) is 0.669. The van der Waals surface area contributed by atoms with Crippen LogP contribution in [0.2, 0.25) is 0 Å². The third kappa shape index (κ3) is 2.35. The highest BCUT2D eigenvalue weighted by atomic mass is 16.3. The molecule has 0 saturated heterocycles. The summed E-state index contributed by atoms with van der Waals surface area (Å²) in [7, 11) is 0. The lowest BCUT2D eigenvalue weighted by Gasteiger charge is -2.08. The van der Waals surface area contributed by atoms with Gasteiger partial charge in [0.25, 0.3) is 0 Å². The number of aliphatic hydroxyl groups excluding tert-OH is 1. The molecule has 0 unspecified atom stereocenters. The molecule has 0 amide bonds. The smallest absolute Gasteiger partial charge is 0.160 e. The summed E-state index contributed by atoms with van der Waals surface area (Å²) >= 11 is 0. The molecule has 0 bridgehead atoms. The molecule has 0 radical (unpaired) electrons. The van der Waals surface area contributed by atoms with E-state index in [2.05, 4.69) is 9.97 Å². The van der Waals surface area contributed by atoms with Crippen molar-refractivity contribution in [1.82, 2.24) is 14.5 Å². The average Bonchev–Trinajstić information content (AvgIpc) is 2.80. The summed E-state index contributed by atoms with van der Waals surface area (Å²) < 4.78 is 2.00. The lowest BCUT2D eigenvalue weighted by molar-refractivity contribution is 0.295. The molecule has 5 nitrogen and oxygen atoms in total. The molecule has 20 heavy (non-hydrogen) atoms. The van der Waals surface area contributed by atoms with Crippen molar-refractivity contribution in [3.8, 4) is 5.75 Å². The number of phenolic OH excluding ortho intramolecular Hbond substituents is 1. The van der Waals surface area contributed by atoms with Crippen LogP contribution < -0.4 is 0 Å². The quantitative estimate of drug-likeness (QED) is 0.756. The summed E-state index contributed by atoms with van der Waals surface area (Å²) in [5.41, 5.74) is 2.69. The van der Waals surface area contributed by atoms with Crippen LogP contribution in [0.4, 0.5) is 0 Å². The van der Waals surface area contributed by atoms with Crippen LogP contribution in [0, 0.1) is 0 Å². The Balaban J connectivity index is 2.04. The number of rotatable bonds is 4. The van der Waals surface area contributed by atoms with Crippen LogP contribution in [0.25, 0.3) is 11.2 Å². The largest absolute Gasteiger partial charge is 0.508 e. The second-order valence-electron chi connectivity index (χ2n) is 4.60. The van der Waals surface area contributed by atoms with Crippen molar-refractivity contribution < 1.29 is 10.2 Å². The van der Waals surface area contributed by atoms with Gasteiger partial charge in [0.15, 0.2) is 5.65 Å². The van der Waals surface area contributed by atoms with Gasteiger partial charge in [-0.15, -0.1) is 0 Å². The molecule has 5 heteroatoms. The highest BCUT2D eigenvalue weighted by Gasteiger charge is 2.11. The molecule has 1 aromatic carbocycles. The van der Waals surface area contributed by atoms with Crippen LogP contribution in [0.1, 0.15) is 11.4 Å². The zero-order valence-electron chi connectivity index (χ0n) is 10.9. The van der Waals surface area contributed by atoms with Gasteiger partial charge in [0.05, 0.1) is 13.2 Å². The molecule has 0 spiro atoms. The van der Waals surface area contributed by atoms with Gasteiger partial charge in [0.2, 0.25) is 0 Å². The maximum atomic E-state index is 9.33. The fraction of sp³-hybridized carbons (Fsp3) is 0.200. The van der Waals surface area contributed by atoms with E-state index in [1.54, 1.807) is 18.3 Å². The van der Waals surface area contributed by atoms with Gasteiger partial charge in [-0.25, -0.2) is 9.97 Å². The Kier molecular flexibility index (Phi) is 3.35. The Morgan fingerprint density at radius 2 is 1.90 bits per heavy atom. The number of hydrogen-bond acceptors (Lipinski definition) is 4. The summed E-state index contributed by atoms with van der Waals surface area (Å²) in [4.78, 5) is 8.87. The van der Waals surface area contributed by atoms with E-state index in [0.29, 0.717) is 13.0 Å². The first kappa shape index (κ1) is 12.6. The second kappa shape index (κ2) is 5.30. The molecule has 3 aromatic rings. The summed E-state index contributed by atoms with van der Waals surface area (Å²) in [5.74, 6) is 1.06. The fourth-order valence-electron chi connectivity index (χ4n) is 2.25. The van der Waals surface area contributed by atoms with E-state index < -0.39 is 0 Å². The van der Waals surface area contributed by atoms with Crippen LogP contribution in [-0.4, -0.2) is 31.4 Å². The van der Waals surface area contributed by atoms with E-state index in [4.69, 9.17) is 5.11 Å². The molecular weight excluding hydrogens is 254 g/mol. The lowest BCUT2D eigenvalue weighted by Crippen LogP contribution is -2.07. The molecule has 2 aromatic heterocycles. The van der Waals surface area contributed by atoms with Gasteiger partial charge in [-0.1, -0.05) is 12.1 Å². The van der Waals surface area contributed by atoms with Crippen LogP contribution in [0.3, 0.4) is 0 Å². The molecule has 2 heterocycles. The van der Waals surface area contributed by atoms with Gasteiger partial charge in [-0.3, -0.25) is 0 Å². The molecule has 0 aliphatic rings. The van der Waals surface area contributed by atoms with Crippen molar-refractivity contribution in [3.63, 3.8) is 0 Å². The first-order chi connectivity index (χ1) is 9.78. The lowest BCUT2D eigenvalue weighted by atomic mass is 10.2. The summed E-state index contributed by atoms with van der Waals surface area (Å²) in [6, 6.07) is 10.8. The Bertz CT molecular complexity index is 720. The zero-order valence-corrected chi connectivity index (χ0v) is 10.9. The van der Waals surface area contributed by atoms with Crippen molar-refractivity contribution >= 4 is 11.2 Å². The minimum absolute atomic E-state index is 0.0545. The highest BCUT2D eigenvalue weighted by molar-refractivity contribution is 5.71. The summed E-state index contributed by atoms with van der Waals surface area (Å²) in [5, 5.41) is 18.5. The second-order valence-corrected chi connectivity index (χ2v) is 4.60. The molecule has 0 atom stereocenters. The first-order valence-electron chi connectivity index (χ1n) is 6.47. The van der Waals surface area contributed by atoms with Gasteiger partial charge < -0.3 is 14.8 Å². The number of imidazole rings is 1. The molecule has 3 rings (SSSR count). The van der Waals surface area contributed by atoms with Gasteiger partial charge >= 0.3 is 0 Å². The molecule has 0 fully saturated rings. The van der Waals surface area contributed by atoms with Crippen molar-refractivity contribution in [2.75, 3.05) is 6.61 Å². The zero-order chi connectivity index (χ0) is 13.9. The van der Waals surface area contributed by atoms with Crippen molar-refractivity contribution in [2.24, 2.45) is 0 Å². The maximum Gasteiger partial charge on any atom is 0.160 e. The van der Waals surface area contributed by atoms with E-state index in [-0.39, 0.29) is 12.4 Å². The van der Waals surface area contributed by atoms with Crippen LogP contribution in [0.5, 0.6) is 5.75 Å². The van der Waals surface area contributed by atoms with Crippen LogP contribution in [0.15, 0.2) is 42.6 Å². The van der Waals surface area contributed by atoms with Gasteiger partial charge in [-0.2, -0.15) is 0 Å². The monoisotopic (exact) mass is 269 g/mol. The number of hydrogen-bond donors (Lipinski definition) is 2. The standard InChI is InChI=1S/C15H15N3O2/c19-9-7-14-17-13-2-1-8-16-15(13)18(14)10-11-3-5-12(20)6-4-11/h1-6,8,19-20H,7,9-10H2. The summed E-state index contributed by atoms with van der Waals surface area (Å²) in [6.07, 6.45) is 2.23. The molecule has 0 aliphatic carbocycles. The number of nitrogens with zero attached hydrogens (tertiary/aromatic N) is 3. The normalized spacial score (nSPS) is 11.1. The van der Waals surface area contributed by atoms with E-state index in [9.17, 15) is 5.11 Å². The number of pyridine rings is 1. The van der Waals surface area contributed by atoms with E-state index in [1.807, 2.05) is 28.8 Å². The third-order valence-electron chi connectivity index (χ3n) is 3.20. The number of aliphatic hydroxyl groups is 1. The third-order valence-corrected chi connectivity index (χ3v) is 3.20. The number of aromatic hydroxyl groups is 1. The molecular formula is C15H15N3O2. The van der Waals surface area contributed by atoms with E-state index in [0.717, 1.165) is 22.6 Å². The van der Waals surface area contributed by atoms with Crippen molar-refractivity contribution in [1.29, 1.82) is 0 Å². The Morgan fingerprint density at radius 1 is 1.10 bits per heavy atom. The Hall–Kier alpha value is -2.40. The number of fused-ring (bicyclic) bond motifs is 1. The van der Waals surface area contributed by atoms with Crippen molar-refractivity contribution in [3.05, 3.63) is 54.0 Å². The molecule has 102 valence electrons. The van der Waals surface area contributed by atoms with E-state index >= 15 is 0 Å². The Morgan fingerprint density at radius 3 is 2.65 bits per heavy atom. The van der Waals surface area contributed by atoms with Gasteiger partial charge in [-0.05, 0) is 29.8 Å². The number of aromatic nitrogens is 3. The molecule has 0 aliphatic heterocycles. The minimum atomic E-state index is 0.0545. The predicted molar refractivity (Wildman–Crippen MR) is 75.5 cm³/mol. The topological polar surface area (TPSA) is 71.2 Å². The van der Waals surface area contributed by atoms with Gasteiger partial charge in [0.1, 0.15) is 17.1 Å². The van der Waals surface area contributed by atoms with Gasteiger partial charge in [0, 0.05) is 12.6 Å². The maximum absolute atomic E-state index is 9.33. The predicted octanol–water partition coefficient (Wildman–Crippen LogP) is 1.72. The number of phenols is 1. The van der Waals surface area contributed by atoms with Crippen molar-refractivity contribution in [2.45, 2.75) is 13.0 Å². The first-order valence-corrected chi connectivity index (χ1v) is 6.47. The molecule has 0 saturated carbocycles. The number of benzene rings is 1. The fourth-order valence-corrected chi connectivity index (χ4v) is 2.25. The van der Waals surface area contributed by atoms with E-state index in [1.165, 1.54) is 0 Å². The highest BCUT2D eigenvalue weighted by Crippen LogP contribution is 2.17. The van der Waals surface area contributed by atoms with Crippen LogP contribution >= 0.6 is 0 Å². The van der Waals surface area contributed by atoms with Crippen LogP contribution in [-0.2, 0) is 13.0 Å². The average molecular weight is 269 g/mol.